The number of hydrogen-bond acceptors (Lipinski definition) is 3. The van der Waals surface area contributed by atoms with Gasteiger partial charge in [-0.1, -0.05) is 37.9 Å². The minimum atomic E-state index is -0.599. The van der Waals surface area contributed by atoms with E-state index in [1.165, 1.54) is 24.3 Å². The molecule has 2 rings (SSSR count). The van der Waals surface area contributed by atoms with E-state index in [0.717, 1.165) is 5.56 Å². The average molecular weight is 405 g/mol. The molecule has 0 fully saturated rings. The Morgan fingerprint density at radius 1 is 1.20 bits per heavy atom. The lowest BCUT2D eigenvalue weighted by molar-refractivity contribution is -0.385. The second-order valence-electron chi connectivity index (χ2n) is 3.87. The summed E-state index contributed by atoms with van der Waals surface area (Å²) in [5.74, 6) is -0.665. The summed E-state index contributed by atoms with van der Waals surface area (Å²) in [5.41, 5.74) is 0.532. The van der Waals surface area contributed by atoms with Crippen molar-refractivity contribution in [2.24, 2.45) is 0 Å². The maximum Gasteiger partial charge on any atom is 0.311 e. The molecule has 0 aromatic heterocycles. The maximum atomic E-state index is 13.7. The number of nitro groups is 1. The molecule has 0 saturated carbocycles. The molecule has 0 N–H and O–H groups in total. The van der Waals surface area contributed by atoms with Crippen molar-refractivity contribution in [3.05, 3.63) is 62.4 Å². The molecule has 7 heteroatoms. The number of hydrogen-bond donors (Lipinski definition) is 0. The predicted octanol–water partition coefficient (Wildman–Crippen LogP) is 5.18. The Bertz CT molecular complexity index is 664. The number of halogens is 3. The first-order valence-corrected chi connectivity index (χ1v) is 7.39. The Hall–Kier alpha value is -1.47. The molecule has 104 valence electrons. The van der Waals surface area contributed by atoms with E-state index in [1.807, 2.05) is 0 Å². The van der Waals surface area contributed by atoms with Crippen LogP contribution in [-0.4, -0.2) is 4.92 Å². The Kier molecular flexibility index (Phi) is 4.72. The zero-order valence-corrected chi connectivity index (χ0v) is 13.1. The lowest BCUT2D eigenvalue weighted by atomic mass is 10.2. The zero-order chi connectivity index (χ0) is 14.7. The third kappa shape index (κ3) is 3.34. The van der Waals surface area contributed by atoms with Crippen LogP contribution in [-0.2, 0) is 5.33 Å². The molecule has 20 heavy (non-hydrogen) atoms. The highest BCUT2D eigenvalue weighted by atomic mass is 79.9. The van der Waals surface area contributed by atoms with Crippen LogP contribution in [0.15, 0.2) is 40.9 Å². The molecule has 0 heterocycles. The molecule has 0 amide bonds. The normalized spacial score (nSPS) is 10.3. The van der Waals surface area contributed by atoms with Gasteiger partial charge in [-0.3, -0.25) is 10.1 Å². The molecule has 0 unspecified atom stereocenters. The third-order valence-electron chi connectivity index (χ3n) is 2.49. The maximum absolute atomic E-state index is 13.7. The summed E-state index contributed by atoms with van der Waals surface area (Å²) >= 11 is 6.35. The van der Waals surface area contributed by atoms with E-state index >= 15 is 0 Å². The van der Waals surface area contributed by atoms with Gasteiger partial charge < -0.3 is 4.74 Å². The number of rotatable bonds is 4. The standard InChI is InChI=1S/C13H8Br2FNO3/c14-7-8-1-3-13(11(5-8)17(18)19)20-12-4-2-9(15)6-10(12)16/h1-6H,7H2. The van der Waals surface area contributed by atoms with Gasteiger partial charge in [-0.15, -0.1) is 0 Å². The lowest BCUT2D eigenvalue weighted by Crippen LogP contribution is -1.96. The summed E-state index contributed by atoms with van der Waals surface area (Å²) < 4.78 is 19.5. The molecule has 0 atom stereocenters. The number of nitro benzene ring substituents is 1. The molecule has 2 aromatic carbocycles. The molecule has 2 aromatic rings. The van der Waals surface area contributed by atoms with Gasteiger partial charge in [-0.25, -0.2) is 4.39 Å². The highest BCUT2D eigenvalue weighted by Gasteiger charge is 2.18. The van der Waals surface area contributed by atoms with Crippen LogP contribution in [0, 0.1) is 15.9 Å². The molecule has 0 bridgehead atoms. The molecule has 0 saturated heterocycles. The van der Waals surface area contributed by atoms with Crippen molar-refractivity contribution in [3.8, 4) is 11.5 Å². The van der Waals surface area contributed by atoms with Crippen LogP contribution < -0.4 is 4.74 Å². The Morgan fingerprint density at radius 3 is 2.50 bits per heavy atom. The number of ether oxygens (including phenoxy) is 1. The second-order valence-corrected chi connectivity index (χ2v) is 5.35. The van der Waals surface area contributed by atoms with E-state index in [0.29, 0.717) is 9.80 Å². The topological polar surface area (TPSA) is 52.4 Å². The molecule has 4 nitrogen and oxygen atoms in total. The Morgan fingerprint density at radius 2 is 1.90 bits per heavy atom. The lowest BCUT2D eigenvalue weighted by Gasteiger charge is -2.08. The number of alkyl halides is 1. The quantitative estimate of drug-likeness (QED) is 0.400. The molecular formula is C13H8Br2FNO3. The van der Waals surface area contributed by atoms with E-state index in [2.05, 4.69) is 31.9 Å². The summed E-state index contributed by atoms with van der Waals surface area (Å²) in [6, 6.07) is 8.75. The van der Waals surface area contributed by atoms with Crippen LogP contribution in [0.5, 0.6) is 11.5 Å². The van der Waals surface area contributed by atoms with Gasteiger partial charge in [0.05, 0.1) is 4.92 Å². The zero-order valence-electron chi connectivity index (χ0n) is 9.98. The smallest absolute Gasteiger partial charge is 0.311 e. The van der Waals surface area contributed by atoms with Crippen molar-refractivity contribution in [1.82, 2.24) is 0 Å². The van der Waals surface area contributed by atoms with Gasteiger partial charge in [-0.2, -0.15) is 0 Å². The van der Waals surface area contributed by atoms with Crippen molar-refractivity contribution in [2.45, 2.75) is 5.33 Å². The molecule has 0 aliphatic carbocycles. The van der Waals surface area contributed by atoms with Crippen LogP contribution in [0.2, 0.25) is 0 Å². The van der Waals surface area contributed by atoms with Gasteiger partial charge in [0.2, 0.25) is 5.75 Å². The van der Waals surface area contributed by atoms with Crippen molar-refractivity contribution >= 4 is 37.5 Å². The van der Waals surface area contributed by atoms with Gasteiger partial charge in [0.15, 0.2) is 11.6 Å². The molecular weight excluding hydrogens is 397 g/mol. The predicted molar refractivity (Wildman–Crippen MR) is 79.9 cm³/mol. The first kappa shape index (κ1) is 14.9. The molecule has 0 aliphatic heterocycles. The van der Waals surface area contributed by atoms with E-state index < -0.39 is 10.7 Å². The molecule has 0 aliphatic rings. The highest BCUT2D eigenvalue weighted by Crippen LogP contribution is 2.34. The van der Waals surface area contributed by atoms with E-state index in [4.69, 9.17) is 4.74 Å². The van der Waals surface area contributed by atoms with E-state index in [-0.39, 0.29) is 17.2 Å². The van der Waals surface area contributed by atoms with Crippen LogP contribution in [0.3, 0.4) is 0 Å². The fourth-order valence-corrected chi connectivity index (χ4v) is 2.23. The van der Waals surface area contributed by atoms with Crippen LogP contribution >= 0.6 is 31.9 Å². The van der Waals surface area contributed by atoms with Crippen LogP contribution in [0.25, 0.3) is 0 Å². The fourth-order valence-electron chi connectivity index (χ4n) is 1.55. The third-order valence-corrected chi connectivity index (χ3v) is 3.63. The Labute approximate surface area is 131 Å². The molecule has 0 radical (unpaired) electrons. The first-order valence-electron chi connectivity index (χ1n) is 5.47. The van der Waals surface area contributed by atoms with Crippen molar-refractivity contribution in [2.75, 3.05) is 0 Å². The van der Waals surface area contributed by atoms with Crippen LogP contribution in [0.4, 0.5) is 10.1 Å². The SMILES string of the molecule is O=[N+]([O-])c1cc(CBr)ccc1Oc1ccc(Br)cc1F. The van der Waals surface area contributed by atoms with E-state index in [9.17, 15) is 14.5 Å². The van der Waals surface area contributed by atoms with Gasteiger partial charge in [0, 0.05) is 15.9 Å². The Balaban J connectivity index is 2.40. The van der Waals surface area contributed by atoms with Gasteiger partial charge in [0.1, 0.15) is 0 Å². The van der Waals surface area contributed by atoms with Gasteiger partial charge >= 0.3 is 5.69 Å². The average Bonchev–Trinajstić information content (AvgIpc) is 2.42. The second kappa shape index (κ2) is 6.32. The summed E-state index contributed by atoms with van der Waals surface area (Å²) in [5, 5.41) is 11.5. The molecule has 0 spiro atoms. The summed E-state index contributed by atoms with van der Waals surface area (Å²) in [6.07, 6.45) is 0. The van der Waals surface area contributed by atoms with Gasteiger partial charge in [0.25, 0.3) is 0 Å². The summed E-state index contributed by atoms with van der Waals surface area (Å²) in [4.78, 5) is 10.5. The monoisotopic (exact) mass is 403 g/mol. The van der Waals surface area contributed by atoms with Crippen molar-refractivity contribution in [1.29, 1.82) is 0 Å². The largest absolute Gasteiger partial charge is 0.447 e. The number of nitrogens with zero attached hydrogens (tertiary/aromatic N) is 1. The van der Waals surface area contributed by atoms with Crippen molar-refractivity contribution in [3.63, 3.8) is 0 Å². The highest BCUT2D eigenvalue weighted by molar-refractivity contribution is 9.10. The van der Waals surface area contributed by atoms with Crippen LogP contribution in [0.1, 0.15) is 5.56 Å². The number of benzene rings is 2. The first-order chi connectivity index (χ1) is 9.51. The minimum Gasteiger partial charge on any atom is -0.447 e. The van der Waals surface area contributed by atoms with Crippen molar-refractivity contribution < 1.29 is 14.1 Å². The fraction of sp³-hybridized carbons (Fsp3) is 0.0769. The minimum absolute atomic E-state index is 0.000854. The van der Waals surface area contributed by atoms with Gasteiger partial charge in [-0.05, 0) is 29.8 Å². The van der Waals surface area contributed by atoms with E-state index in [1.54, 1.807) is 12.1 Å². The summed E-state index contributed by atoms with van der Waals surface area (Å²) in [7, 11) is 0. The summed E-state index contributed by atoms with van der Waals surface area (Å²) in [6.45, 7) is 0.